The van der Waals surface area contributed by atoms with Gasteiger partial charge in [-0.2, -0.15) is 0 Å². The van der Waals surface area contributed by atoms with Crippen LogP contribution in [0.2, 0.25) is 0 Å². The van der Waals surface area contributed by atoms with Crippen LogP contribution in [0.25, 0.3) is 10.8 Å². The highest BCUT2D eigenvalue weighted by Crippen LogP contribution is 2.29. The minimum absolute atomic E-state index is 0.603. The average molecular weight is 375 g/mol. The zero-order valence-corrected chi connectivity index (χ0v) is 16.7. The van der Waals surface area contributed by atoms with Crippen LogP contribution >= 0.6 is 0 Å². The Kier molecular flexibility index (Phi) is 6.25. The molecule has 2 N–H and O–H groups in total. The third-order valence-corrected chi connectivity index (χ3v) is 5.84. The molecule has 4 rings (SSSR count). The molecule has 28 heavy (non-hydrogen) atoms. The highest BCUT2D eigenvalue weighted by atomic mass is 16.5. The summed E-state index contributed by atoms with van der Waals surface area (Å²) in [5.74, 6) is 1.76. The van der Waals surface area contributed by atoms with Crippen LogP contribution in [-0.2, 0) is 13.2 Å². The van der Waals surface area contributed by atoms with Crippen LogP contribution in [0.3, 0.4) is 0 Å². The number of benzene rings is 3. The molecule has 0 radical (unpaired) electrons. The summed E-state index contributed by atoms with van der Waals surface area (Å²) in [6.45, 7) is 6.94. The summed E-state index contributed by atoms with van der Waals surface area (Å²) in [6.07, 6.45) is 2.53. The Morgan fingerprint density at radius 2 is 1.75 bits per heavy atom. The summed E-state index contributed by atoms with van der Waals surface area (Å²) in [5, 5.41) is 9.70. The van der Waals surface area contributed by atoms with Gasteiger partial charge in [-0.3, -0.25) is 0 Å². The first-order chi connectivity index (χ1) is 13.8. The fourth-order valence-corrected chi connectivity index (χ4v) is 4.05. The van der Waals surface area contributed by atoms with Crippen molar-refractivity contribution in [3.63, 3.8) is 0 Å². The zero-order valence-electron chi connectivity index (χ0n) is 16.7. The van der Waals surface area contributed by atoms with Gasteiger partial charge in [0, 0.05) is 12.1 Å². The van der Waals surface area contributed by atoms with Crippen LogP contribution in [0.15, 0.2) is 60.7 Å². The fourth-order valence-electron chi connectivity index (χ4n) is 4.05. The summed E-state index contributed by atoms with van der Waals surface area (Å²) in [6, 6.07) is 21.3. The molecule has 1 saturated heterocycles. The van der Waals surface area contributed by atoms with Crippen molar-refractivity contribution in [1.82, 2.24) is 10.6 Å². The van der Waals surface area contributed by atoms with Crippen LogP contribution in [0.1, 0.15) is 29.5 Å². The smallest absolute Gasteiger partial charge is 0.124 e. The summed E-state index contributed by atoms with van der Waals surface area (Å²) < 4.78 is 6.30. The molecule has 0 atom stereocenters. The summed E-state index contributed by atoms with van der Waals surface area (Å²) >= 11 is 0. The molecule has 0 aliphatic carbocycles. The van der Waals surface area contributed by atoms with E-state index in [9.17, 15) is 0 Å². The molecule has 0 saturated carbocycles. The van der Waals surface area contributed by atoms with Gasteiger partial charge in [0.25, 0.3) is 0 Å². The lowest BCUT2D eigenvalue weighted by molar-refractivity contribution is 0.300. The first kappa shape index (κ1) is 19.0. The second-order valence-electron chi connectivity index (χ2n) is 7.80. The molecule has 0 bridgehead atoms. The largest absolute Gasteiger partial charge is 0.489 e. The van der Waals surface area contributed by atoms with Crippen molar-refractivity contribution in [2.24, 2.45) is 5.92 Å². The lowest BCUT2D eigenvalue weighted by atomic mass is 9.98. The van der Waals surface area contributed by atoms with E-state index in [2.05, 4.69) is 78.2 Å². The van der Waals surface area contributed by atoms with Crippen LogP contribution in [0, 0.1) is 12.8 Å². The van der Waals surface area contributed by atoms with Gasteiger partial charge in [-0.15, -0.1) is 0 Å². The van der Waals surface area contributed by atoms with Crippen LogP contribution < -0.4 is 15.4 Å². The van der Waals surface area contributed by atoms with Crippen LogP contribution in [-0.4, -0.2) is 19.6 Å². The molecule has 0 spiro atoms. The Morgan fingerprint density at radius 1 is 0.964 bits per heavy atom. The van der Waals surface area contributed by atoms with E-state index in [1.165, 1.54) is 40.3 Å². The molecule has 146 valence electrons. The number of piperidine rings is 1. The number of ether oxygens (including phenoxy) is 1. The maximum atomic E-state index is 6.30. The molecular formula is C25H30N2O. The lowest BCUT2D eigenvalue weighted by Gasteiger charge is -2.23. The Morgan fingerprint density at radius 3 is 2.61 bits per heavy atom. The molecule has 1 fully saturated rings. The molecule has 1 aliphatic rings. The number of rotatable bonds is 7. The first-order valence-corrected chi connectivity index (χ1v) is 10.4. The Labute approximate surface area is 168 Å². The topological polar surface area (TPSA) is 33.3 Å². The van der Waals surface area contributed by atoms with Gasteiger partial charge in [0.1, 0.15) is 12.4 Å². The summed E-state index contributed by atoms with van der Waals surface area (Å²) in [5.41, 5.74) is 3.78. The van der Waals surface area contributed by atoms with Crippen molar-refractivity contribution in [1.29, 1.82) is 0 Å². The van der Waals surface area contributed by atoms with E-state index in [1.54, 1.807) is 0 Å². The maximum Gasteiger partial charge on any atom is 0.124 e. The van der Waals surface area contributed by atoms with Crippen molar-refractivity contribution in [2.75, 3.05) is 19.6 Å². The molecule has 1 heterocycles. The predicted octanol–water partition coefficient (Wildman–Crippen LogP) is 4.82. The van der Waals surface area contributed by atoms with E-state index in [0.717, 1.165) is 37.8 Å². The summed E-state index contributed by atoms with van der Waals surface area (Å²) in [4.78, 5) is 0. The molecular weight excluding hydrogens is 344 g/mol. The van der Waals surface area contributed by atoms with Gasteiger partial charge in [0.05, 0.1) is 0 Å². The molecule has 0 aromatic heterocycles. The van der Waals surface area contributed by atoms with E-state index in [4.69, 9.17) is 4.74 Å². The van der Waals surface area contributed by atoms with Crippen molar-refractivity contribution >= 4 is 10.8 Å². The standard InChI is InChI=1S/C25H30N2O/c1-19-6-2-3-8-22(19)18-28-25-11-10-21-7-4-5-9-23(21)24(25)17-27-16-20-12-14-26-15-13-20/h2-11,20,26-27H,12-18H2,1H3. The minimum atomic E-state index is 0.603. The monoisotopic (exact) mass is 374 g/mol. The van der Waals surface area contributed by atoms with Crippen molar-refractivity contribution in [3.05, 3.63) is 77.4 Å². The average Bonchev–Trinajstić information content (AvgIpc) is 2.74. The normalized spacial score (nSPS) is 15.0. The van der Waals surface area contributed by atoms with E-state index in [-0.39, 0.29) is 0 Å². The quantitative estimate of drug-likeness (QED) is 0.622. The highest BCUT2D eigenvalue weighted by molar-refractivity contribution is 5.87. The van der Waals surface area contributed by atoms with Crippen molar-refractivity contribution in [3.8, 4) is 5.75 Å². The lowest BCUT2D eigenvalue weighted by Crippen LogP contribution is -2.33. The van der Waals surface area contributed by atoms with E-state index in [0.29, 0.717) is 6.61 Å². The van der Waals surface area contributed by atoms with E-state index in [1.807, 2.05) is 0 Å². The number of hydrogen-bond acceptors (Lipinski definition) is 3. The van der Waals surface area contributed by atoms with Crippen LogP contribution in [0.5, 0.6) is 5.75 Å². The molecule has 1 aliphatic heterocycles. The van der Waals surface area contributed by atoms with E-state index >= 15 is 0 Å². The highest BCUT2D eigenvalue weighted by Gasteiger charge is 2.14. The summed E-state index contributed by atoms with van der Waals surface area (Å²) in [7, 11) is 0. The molecule has 3 aromatic carbocycles. The second-order valence-corrected chi connectivity index (χ2v) is 7.80. The zero-order chi connectivity index (χ0) is 19.2. The SMILES string of the molecule is Cc1ccccc1COc1ccc2ccccc2c1CNCC1CCNCC1. The van der Waals surface area contributed by atoms with Gasteiger partial charge in [0.15, 0.2) is 0 Å². The van der Waals surface area contributed by atoms with Gasteiger partial charge >= 0.3 is 0 Å². The molecule has 0 unspecified atom stereocenters. The van der Waals surface area contributed by atoms with E-state index < -0.39 is 0 Å². The van der Waals surface area contributed by atoms with Gasteiger partial charge in [-0.1, -0.05) is 54.6 Å². The molecule has 3 nitrogen and oxygen atoms in total. The van der Waals surface area contributed by atoms with Gasteiger partial charge < -0.3 is 15.4 Å². The number of aryl methyl sites for hydroxylation is 1. The van der Waals surface area contributed by atoms with Gasteiger partial charge in [-0.05, 0) is 73.3 Å². The van der Waals surface area contributed by atoms with Crippen LogP contribution in [0.4, 0.5) is 0 Å². The number of fused-ring (bicyclic) bond motifs is 1. The minimum Gasteiger partial charge on any atom is -0.489 e. The first-order valence-electron chi connectivity index (χ1n) is 10.4. The van der Waals surface area contributed by atoms with Gasteiger partial charge in [-0.25, -0.2) is 0 Å². The Balaban J connectivity index is 1.51. The van der Waals surface area contributed by atoms with Crippen molar-refractivity contribution in [2.45, 2.75) is 32.9 Å². The van der Waals surface area contributed by atoms with Gasteiger partial charge in [0.2, 0.25) is 0 Å². The Bertz CT molecular complexity index is 915. The maximum absolute atomic E-state index is 6.30. The molecule has 3 aromatic rings. The molecule has 3 heteroatoms. The number of hydrogen-bond donors (Lipinski definition) is 2. The Hall–Kier alpha value is -2.36. The van der Waals surface area contributed by atoms with Crippen molar-refractivity contribution < 1.29 is 4.74 Å². The third kappa shape index (κ3) is 4.54. The number of nitrogens with one attached hydrogen (secondary N) is 2. The fraction of sp³-hybridized carbons (Fsp3) is 0.360. The third-order valence-electron chi connectivity index (χ3n) is 5.84. The predicted molar refractivity (Wildman–Crippen MR) is 117 cm³/mol. The second kappa shape index (κ2) is 9.22. The molecule has 0 amide bonds.